The molecule has 0 amide bonds. The maximum Gasteiger partial charge on any atom is 0.473 e. The predicted molar refractivity (Wildman–Crippen MR) is 91.4 cm³/mol. The van der Waals surface area contributed by atoms with E-state index in [0.717, 1.165) is 12.9 Å². The van der Waals surface area contributed by atoms with E-state index in [1.807, 2.05) is 7.85 Å². The van der Waals surface area contributed by atoms with E-state index in [1.165, 1.54) is 20.1 Å². The molecule has 1 fully saturated rings. The maximum absolute atomic E-state index is 12.0. The van der Waals surface area contributed by atoms with Crippen LogP contribution in [0.15, 0.2) is 11.9 Å². The summed E-state index contributed by atoms with van der Waals surface area (Å²) in [4.78, 5) is 19.2. The second-order valence-corrected chi connectivity index (χ2v) is 9.29. The van der Waals surface area contributed by atoms with Gasteiger partial charge < -0.3 is 19.0 Å². The first-order valence-corrected chi connectivity index (χ1v) is 10.6. The van der Waals surface area contributed by atoms with Gasteiger partial charge in [0.25, 0.3) is 0 Å². The van der Waals surface area contributed by atoms with E-state index in [0.29, 0.717) is 6.42 Å². The van der Waals surface area contributed by atoms with E-state index in [4.69, 9.17) is 13.8 Å². The second kappa shape index (κ2) is 8.65. The van der Waals surface area contributed by atoms with Gasteiger partial charge >= 0.3 is 15.4 Å². The third kappa shape index (κ3) is 6.65. The molecule has 1 rings (SSSR count). The molecule has 0 aliphatic heterocycles. The Morgan fingerprint density at radius 2 is 1.91 bits per heavy atom. The third-order valence-corrected chi connectivity index (χ3v) is 5.98. The zero-order valence-electron chi connectivity index (χ0n) is 13.4. The number of thiol groups is 1. The monoisotopic (exact) mass is 388 g/mol. The Morgan fingerprint density at radius 1 is 1.30 bits per heavy atom. The minimum Gasteiger partial charge on any atom is -0.379 e. The normalized spacial score (nSPS) is 35.0. The zero-order valence-corrected chi connectivity index (χ0v) is 16.1. The Labute approximate surface area is 142 Å². The van der Waals surface area contributed by atoms with Gasteiger partial charge in [-0.1, -0.05) is 6.08 Å². The summed E-state index contributed by atoms with van der Waals surface area (Å²) in [5.74, 6) is 0.669. The van der Waals surface area contributed by atoms with Crippen molar-refractivity contribution in [3.63, 3.8) is 0 Å². The fourth-order valence-electron chi connectivity index (χ4n) is 2.61. The fraction of sp³-hybridized carbons (Fsp3) is 0.818. The number of rotatable bonds is 8. The SMILES string of the molecule is BC1C[C@H](/C=C/P(=O)(O)OC)[C@@H](OP(=O)(O)O[C@H](C)S)[C@H]1OC. The number of hydrogen-bond acceptors (Lipinski definition) is 7. The molecule has 0 aromatic rings. The summed E-state index contributed by atoms with van der Waals surface area (Å²) in [5.41, 5.74) is -0.786. The van der Waals surface area contributed by atoms with E-state index in [-0.39, 0.29) is 5.82 Å². The van der Waals surface area contributed by atoms with Crippen LogP contribution in [0.1, 0.15) is 13.3 Å². The van der Waals surface area contributed by atoms with Crippen LogP contribution in [0.25, 0.3) is 0 Å². The van der Waals surface area contributed by atoms with Gasteiger partial charge in [0.1, 0.15) is 19.4 Å². The van der Waals surface area contributed by atoms with Crippen molar-refractivity contribution in [3.05, 3.63) is 11.9 Å². The van der Waals surface area contributed by atoms with E-state index in [1.54, 1.807) is 0 Å². The predicted octanol–water partition coefficient (Wildman–Crippen LogP) is 1.57. The third-order valence-electron chi connectivity index (χ3n) is 3.55. The Balaban J connectivity index is 2.96. The van der Waals surface area contributed by atoms with Crippen molar-refractivity contribution < 1.29 is 37.2 Å². The van der Waals surface area contributed by atoms with Crippen molar-refractivity contribution in [2.45, 2.75) is 36.8 Å². The molecule has 1 saturated carbocycles. The van der Waals surface area contributed by atoms with Crippen molar-refractivity contribution in [2.24, 2.45) is 5.92 Å². The topological polar surface area (TPSA) is 112 Å². The molecule has 1 aliphatic carbocycles. The number of ether oxygens (including phenoxy) is 1. The summed E-state index contributed by atoms with van der Waals surface area (Å²) in [7, 11) is -3.67. The van der Waals surface area contributed by atoms with Crippen LogP contribution in [-0.2, 0) is 27.4 Å². The molecule has 7 atom stereocenters. The maximum atomic E-state index is 12.0. The first-order chi connectivity index (χ1) is 10.5. The first-order valence-electron chi connectivity index (χ1n) is 6.99. The Bertz CT molecular complexity index is 516. The van der Waals surface area contributed by atoms with Crippen molar-refractivity contribution in [3.8, 4) is 0 Å². The highest BCUT2D eigenvalue weighted by atomic mass is 32.1. The average molecular weight is 388 g/mol. The summed E-state index contributed by atoms with van der Waals surface area (Å²) >= 11 is 3.90. The van der Waals surface area contributed by atoms with E-state index in [2.05, 4.69) is 17.2 Å². The summed E-state index contributed by atoms with van der Waals surface area (Å²) in [5, 5.41) is 0. The Hall–Kier alpha value is 0.375. The van der Waals surface area contributed by atoms with Crippen LogP contribution in [0.3, 0.4) is 0 Å². The lowest BCUT2D eigenvalue weighted by atomic mass is 9.83. The molecule has 2 N–H and O–H groups in total. The molecule has 1 aliphatic rings. The largest absolute Gasteiger partial charge is 0.473 e. The first kappa shape index (κ1) is 21.4. The van der Waals surface area contributed by atoms with Crippen LogP contribution in [0.4, 0.5) is 0 Å². The molecule has 0 spiro atoms. The quantitative estimate of drug-likeness (QED) is 0.249. The Kier molecular flexibility index (Phi) is 8.06. The molecule has 3 unspecified atom stereocenters. The van der Waals surface area contributed by atoms with E-state index >= 15 is 0 Å². The molecule has 134 valence electrons. The average Bonchev–Trinajstić information content (AvgIpc) is 2.70. The Morgan fingerprint density at radius 3 is 2.39 bits per heavy atom. The lowest BCUT2D eigenvalue weighted by Crippen LogP contribution is -2.31. The number of methoxy groups -OCH3 is 1. The molecule has 0 aromatic heterocycles. The van der Waals surface area contributed by atoms with Gasteiger partial charge in [0, 0.05) is 26.0 Å². The van der Waals surface area contributed by atoms with Gasteiger partial charge in [0.05, 0.1) is 6.10 Å². The molecule has 0 saturated heterocycles. The van der Waals surface area contributed by atoms with Crippen LogP contribution in [0.2, 0.25) is 5.82 Å². The summed E-state index contributed by atoms with van der Waals surface area (Å²) in [6.07, 6.45) is 0.754. The van der Waals surface area contributed by atoms with Gasteiger partial charge in [-0.15, -0.1) is 12.6 Å². The second-order valence-electron chi connectivity index (χ2n) is 5.41. The number of phosphoric acid groups is 1. The minimum absolute atomic E-state index is 0.0219. The van der Waals surface area contributed by atoms with Gasteiger partial charge in [0.2, 0.25) is 0 Å². The van der Waals surface area contributed by atoms with Crippen molar-refractivity contribution in [2.75, 3.05) is 14.2 Å². The van der Waals surface area contributed by atoms with E-state index < -0.39 is 39.0 Å². The lowest BCUT2D eigenvalue weighted by Gasteiger charge is -2.26. The molecular weight excluding hydrogens is 365 g/mol. The van der Waals surface area contributed by atoms with E-state index in [9.17, 15) is 18.9 Å². The summed E-state index contributed by atoms with van der Waals surface area (Å²) in [6, 6.07) is 0. The molecule has 12 heteroatoms. The van der Waals surface area contributed by atoms with Gasteiger partial charge in [0.15, 0.2) is 0 Å². The van der Waals surface area contributed by atoms with Gasteiger partial charge in [-0.25, -0.2) is 4.57 Å². The summed E-state index contributed by atoms with van der Waals surface area (Å²) in [6.45, 7) is 1.48. The molecule has 0 radical (unpaired) electrons. The molecule has 0 bridgehead atoms. The smallest absolute Gasteiger partial charge is 0.379 e. The van der Waals surface area contributed by atoms with Crippen LogP contribution in [0, 0.1) is 5.92 Å². The highest BCUT2D eigenvalue weighted by Crippen LogP contribution is 2.52. The van der Waals surface area contributed by atoms with Gasteiger partial charge in [-0.3, -0.25) is 13.6 Å². The van der Waals surface area contributed by atoms with Crippen molar-refractivity contribution in [1.82, 2.24) is 0 Å². The standard InChI is InChI=1S/C11H23BO8P2S/c1-7(23)19-22(15,16)20-10-8(4-5-21(13,14)18-3)6-9(12)11(10)17-2/h4-5,7-11,23H,6,12H2,1-3H3,(H,13,14)(H,15,16)/b5-4+/t7-,8-,9?,10+,11-/m0/s1. The molecule has 23 heavy (non-hydrogen) atoms. The number of phosphoric ester groups is 1. The molecule has 0 heterocycles. The number of hydrogen-bond donors (Lipinski definition) is 3. The highest BCUT2D eigenvalue weighted by molar-refractivity contribution is 7.81. The molecule has 8 nitrogen and oxygen atoms in total. The van der Waals surface area contributed by atoms with Gasteiger partial charge in [-0.05, 0) is 19.2 Å². The van der Waals surface area contributed by atoms with Crippen LogP contribution < -0.4 is 0 Å². The molecular formula is C11H23BO8P2S. The van der Waals surface area contributed by atoms with Crippen molar-refractivity contribution >= 4 is 35.9 Å². The molecule has 0 aromatic carbocycles. The van der Waals surface area contributed by atoms with Crippen molar-refractivity contribution in [1.29, 1.82) is 0 Å². The summed E-state index contributed by atoms with van der Waals surface area (Å²) < 4.78 is 43.4. The van der Waals surface area contributed by atoms with Crippen LogP contribution in [0.5, 0.6) is 0 Å². The highest BCUT2D eigenvalue weighted by Gasteiger charge is 2.45. The zero-order chi connectivity index (χ0) is 17.8. The fourth-order valence-corrected chi connectivity index (χ4v) is 4.55. The lowest BCUT2D eigenvalue weighted by molar-refractivity contribution is -0.00712. The van der Waals surface area contributed by atoms with Crippen LogP contribution in [-0.4, -0.2) is 49.5 Å². The van der Waals surface area contributed by atoms with Crippen LogP contribution >= 0.6 is 28.0 Å². The van der Waals surface area contributed by atoms with Gasteiger partial charge in [-0.2, -0.15) is 0 Å². The minimum atomic E-state index is -4.34.